The first-order chi connectivity index (χ1) is 15.7. The molecule has 0 bridgehead atoms. The largest absolute Gasteiger partial charge is 0.381 e. The lowest BCUT2D eigenvalue weighted by Gasteiger charge is -2.42. The van der Waals surface area contributed by atoms with E-state index in [-0.39, 0.29) is 5.91 Å². The fraction of sp³-hybridized carbons (Fsp3) is 0.917. The SMILES string of the molecule is N#CC1(C(=O)N2CCC(NCCN3CCOCC3)CC2)CCN(CC2CCOCC2)CC1. The minimum Gasteiger partial charge on any atom is -0.381 e. The van der Waals surface area contributed by atoms with Crippen molar-refractivity contribution in [1.82, 2.24) is 20.0 Å². The predicted octanol–water partition coefficient (Wildman–Crippen LogP) is 0.932. The molecule has 4 heterocycles. The summed E-state index contributed by atoms with van der Waals surface area (Å²) in [5.74, 6) is 0.779. The Balaban J connectivity index is 1.17. The average molecular weight is 448 g/mol. The summed E-state index contributed by atoms with van der Waals surface area (Å²) in [7, 11) is 0. The summed E-state index contributed by atoms with van der Waals surface area (Å²) >= 11 is 0. The van der Waals surface area contributed by atoms with Crippen LogP contribution in [0.2, 0.25) is 0 Å². The third-order valence-electron chi connectivity index (χ3n) is 7.94. The van der Waals surface area contributed by atoms with E-state index >= 15 is 0 Å². The van der Waals surface area contributed by atoms with Crippen LogP contribution in [-0.2, 0) is 14.3 Å². The Kier molecular flexibility index (Phi) is 8.78. The third kappa shape index (κ3) is 6.21. The number of hydrogen-bond donors (Lipinski definition) is 1. The molecule has 4 aliphatic rings. The van der Waals surface area contributed by atoms with Gasteiger partial charge in [0.1, 0.15) is 5.41 Å². The molecule has 0 aromatic rings. The van der Waals surface area contributed by atoms with E-state index in [1.54, 1.807) is 0 Å². The highest BCUT2D eigenvalue weighted by molar-refractivity contribution is 5.85. The van der Waals surface area contributed by atoms with E-state index in [4.69, 9.17) is 9.47 Å². The first-order valence-corrected chi connectivity index (χ1v) is 12.7. The molecule has 0 aromatic carbocycles. The maximum Gasteiger partial charge on any atom is 0.243 e. The van der Waals surface area contributed by atoms with E-state index < -0.39 is 5.41 Å². The summed E-state index contributed by atoms with van der Waals surface area (Å²) in [6.07, 6.45) is 5.56. The van der Waals surface area contributed by atoms with E-state index in [2.05, 4.69) is 21.2 Å². The lowest BCUT2D eigenvalue weighted by molar-refractivity contribution is -0.142. The lowest BCUT2D eigenvalue weighted by Crippen LogP contribution is -2.54. The number of likely N-dealkylation sites (tertiary alicyclic amines) is 2. The molecule has 8 nitrogen and oxygen atoms in total. The first kappa shape index (κ1) is 23.9. The minimum absolute atomic E-state index is 0.0810. The van der Waals surface area contributed by atoms with E-state index in [1.165, 1.54) is 0 Å². The van der Waals surface area contributed by atoms with Crippen molar-refractivity contribution in [2.75, 3.05) is 85.3 Å². The van der Waals surface area contributed by atoms with Gasteiger partial charge >= 0.3 is 0 Å². The number of piperidine rings is 2. The van der Waals surface area contributed by atoms with Crippen LogP contribution in [0.15, 0.2) is 0 Å². The number of morpholine rings is 1. The molecule has 4 rings (SSSR count). The lowest BCUT2D eigenvalue weighted by atomic mass is 9.77. The highest BCUT2D eigenvalue weighted by Gasteiger charge is 2.45. The molecule has 32 heavy (non-hydrogen) atoms. The van der Waals surface area contributed by atoms with Gasteiger partial charge in [0.15, 0.2) is 0 Å². The summed E-state index contributed by atoms with van der Waals surface area (Å²) in [6, 6.07) is 2.92. The van der Waals surface area contributed by atoms with Crippen molar-refractivity contribution >= 4 is 5.91 Å². The summed E-state index contributed by atoms with van der Waals surface area (Å²) in [5, 5.41) is 13.7. The van der Waals surface area contributed by atoms with Crippen LogP contribution < -0.4 is 5.32 Å². The van der Waals surface area contributed by atoms with E-state index in [9.17, 15) is 10.1 Å². The van der Waals surface area contributed by atoms with Gasteiger partial charge in [0.2, 0.25) is 5.91 Å². The Morgan fingerprint density at radius 3 is 2.22 bits per heavy atom. The Morgan fingerprint density at radius 2 is 1.56 bits per heavy atom. The van der Waals surface area contributed by atoms with Crippen LogP contribution in [0.5, 0.6) is 0 Å². The number of hydrogen-bond acceptors (Lipinski definition) is 7. The van der Waals surface area contributed by atoms with Gasteiger partial charge in [0, 0.05) is 78.2 Å². The molecule has 0 aliphatic carbocycles. The normalized spacial score (nSPS) is 26.7. The summed E-state index contributed by atoms with van der Waals surface area (Å²) < 4.78 is 10.9. The van der Waals surface area contributed by atoms with Crippen LogP contribution in [0.1, 0.15) is 38.5 Å². The van der Waals surface area contributed by atoms with Crippen molar-refractivity contribution < 1.29 is 14.3 Å². The number of carbonyl (C=O) groups excluding carboxylic acids is 1. The Labute approximate surface area is 193 Å². The van der Waals surface area contributed by atoms with Gasteiger partial charge in [-0.25, -0.2) is 0 Å². The molecular weight excluding hydrogens is 406 g/mol. The van der Waals surface area contributed by atoms with Gasteiger partial charge < -0.3 is 24.6 Å². The van der Waals surface area contributed by atoms with Gasteiger partial charge in [-0.3, -0.25) is 9.69 Å². The molecule has 1 N–H and O–H groups in total. The van der Waals surface area contributed by atoms with Crippen molar-refractivity contribution in [3.05, 3.63) is 0 Å². The Hall–Kier alpha value is -1.24. The van der Waals surface area contributed by atoms with Crippen LogP contribution in [0.3, 0.4) is 0 Å². The Bertz CT molecular complexity index is 626. The highest BCUT2D eigenvalue weighted by atomic mass is 16.5. The standard InChI is InChI=1S/C24H41N5O3/c25-20-24(5-10-28(11-6-24)19-21-3-15-31-16-4-21)23(30)29-8-1-22(2-9-29)26-7-12-27-13-17-32-18-14-27/h21-22,26H,1-19H2. The maximum absolute atomic E-state index is 13.4. The van der Waals surface area contributed by atoms with Gasteiger partial charge in [0.05, 0.1) is 19.3 Å². The Morgan fingerprint density at radius 1 is 0.906 bits per heavy atom. The van der Waals surface area contributed by atoms with E-state index in [1.807, 2.05) is 4.90 Å². The fourth-order valence-electron chi connectivity index (χ4n) is 5.63. The van der Waals surface area contributed by atoms with Gasteiger partial charge in [-0.1, -0.05) is 0 Å². The van der Waals surface area contributed by atoms with Crippen molar-refractivity contribution in [2.24, 2.45) is 11.3 Å². The second-order valence-corrected chi connectivity index (χ2v) is 10.0. The van der Waals surface area contributed by atoms with Crippen LogP contribution >= 0.6 is 0 Å². The quantitative estimate of drug-likeness (QED) is 0.622. The molecule has 1 amide bonds. The molecule has 0 spiro atoms. The van der Waals surface area contributed by atoms with E-state index in [0.717, 1.165) is 111 Å². The molecule has 180 valence electrons. The number of nitrogens with one attached hydrogen (secondary N) is 1. The monoisotopic (exact) mass is 447 g/mol. The van der Waals surface area contributed by atoms with Crippen LogP contribution in [0.25, 0.3) is 0 Å². The number of carbonyl (C=O) groups is 1. The van der Waals surface area contributed by atoms with Crippen molar-refractivity contribution in [1.29, 1.82) is 5.26 Å². The topological polar surface area (TPSA) is 81.1 Å². The predicted molar refractivity (Wildman–Crippen MR) is 122 cm³/mol. The molecule has 4 aliphatic heterocycles. The highest BCUT2D eigenvalue weighted by Crippen LogP contribution is 2.34. The van der Waals surface area contributed by atoms with E-state index in [0.29, 0.717) is 24.8 Å². The second-order valence-electron chi connectivity index (χ2n) is 10.0. The first-order valence-electron chi connectivity index (χ1n) is 12.7. The molecule has 4 saturated heterocycles. The van der Waals surface area contributed by atoms with Crippen molar-refractivity contribution in [3.63, 3.8) is 0 Å². The summed E-state index contributed by atoms with van der Waals surface area (Å²) in [4.78, 5) is 20.2. The number of ether oxygens (including phenoxy) is 2. The fourth-order valence-corrected chi connectivity index (χ4v) is 5.63. The van der Waals surface area contributed by atoms with Crippen LogP contribution in [0.4, 0.5) is 0 Å². The van der Waals surface area contributed by atoms with Gasteiger partial charge in [-0.15, -0.1) is 0 Å². The number of rotatable bonds is 7. The molecule has 4 fully saturated rings. The average Bonchev–Trinajstić information content (AvgIpc) is 2.86. The zero-order valence-electron chi connectivity index (χ0n) is 19.6. The number of nitrogens with zero attached hydrogens (tertiary/aromatic N) is 4. The zero-order valence-corrected chi connectivity index (χ0v) is 19.6. The van der Waals surface area contributed by atoms with Gasteiger partial charge in [-0.2, -0.15) is 5.26 Å². The minimum atomic E-state index is -0.817. The maximum atomic E-state index is 13.4. The molecule has 0 aromatic heterocycles. The van der Waals surface area contributed by atoms with Crippen LogP contribution in [-0.4, -0.2) is 112 Å². The molecular formula is C24H41N5O3. The van der Waals surface area contributed by atoms with Gasteiger partial charge in [0.25, 0.3) is 0 Å². The van der Waals surface area contributed by atoms with Crippen molar-refractivity contribution in [2.45, 2.75) is 44.6 Å². The van der Waals surface area contributed by atoms with Gasteiger partial charge in [-0.05, 0) is 44.4 Å². The molecule has 0 unspecified atom stereocenters. The third-order valence-corrected chi connectivity index (χ3v) is 7.94. The molecule has 0 radical (unpaired) electrons. The van der Waals surface area contributed by atoms with Crippen LogP contribution in [0, 0.1) is 22.7 Å². The zero-order chi connectivity index (χ0) is 22.2. The summed E-state index contributed by atoms with van der Waals surface area (Å²) in [5.41, 5.74) is -0.817. The molecule has 0 saturated carbocycles. The number of amides is 1. The number of nitriles is 1. The molecule has 8 heteroatoms. The smallest absolute Gasteiger partial charge is 0.243 e. The molecule has 0 atom stereocenters. The second kappa shape index (κ2) is 11.8. The summed E-state index contributed by atoms with van der Waals surface area (Å²) in [6.45, 7) is 11.9. The van der Waals surface area contributed by atoms with Crippen molar-refractivity contribution in [3.8, 4) is 6.07 Å².